The molecule has 4 nitrogen and oxygen atoms in total. The van der Waals surface area contributed by atoms with Crippen LogP contribution in [0.5, 0.6) is 5.75 Å². The highest BCUT2D eigenvalue weighted by atomic mass is 79.9. The maximum absolute atomic E-state index is 12.9. The largest absolute Gasteiger partial charge is 0.492 e. The van der Waals surface area contributed by atoms with Gasteiger partial charge in [-0.3, -0.25) is 0 Å². The van der Waals surface area contributed by atoms with E-state index in [2.05, 4.69) is 26.6 Å². The van der Waals surface area contributed by atoms with Crippen molar-refractivity contribution in [3.05, 3.63) is 58.3 Å². The molecule has 6 heteroatoms. The molecule has 0 aliphatic rings. The highest BCUT2D eigenvalue weighted by molar-refractivity contribution is 9.10. The Balaban J connectivity index is 1.74. The Bertz CT molecular complexity index is 664. The lowest BCUT2D eigenvalue weighted by Gasteiger charge is -2.10. The molecule has 2 N–H and O–H groups in total. The summed E-state index contributed by atoms with van der Waals surface area (Å²) in [5.74, 6) is 0.0795. The second kappa shape index (κ2) is 7.79. The maximum atomic E-state index is 12.9. The molecule has 0 bridgehead atoms. The van der Waals surface area contributed by atoms with Gasteiger partial charge in [0, 0.05) is 10.5 Å². The molecule has 0 unspecified atom stereocenters. The van der Waals surface area contributed by atoms with E-state index in [1.807, 2.05) is 25.1 Å². The van der Waals surface area contributed by atoms with Crippen molar-refractivity contribution < 1.29 is 13.9 Å². The summed E-state index contributed by atoms with van der Waals surface area (Å²) in [5, 5.41) is 5.40. The number of carbonyl (C=O) groups excluding carboxylic acids is 1. The number of rotatable bonds is 5. The van der Waals surface area contributed by atoms with Gasteiger partial charge in [0.05, 0.1) is 12.2 Å². The predicted molar refractivity (Wildman–Crippen MR) is 87.8 cm³/mol. The van der Waals surface area contributed by atoms with E-state index in [0.717, 1.165) is 10.0 Å². The van der Waals surface area contributed by atoms with E-state index in [-0.39, 0.29) is 18.5 Å². The van der Waals surface area contributed by atoms with Gasteiger partial charge in [-0.2, -0.15) is 0 Å². The molecule has 0 saturated carbocycles. The Kier molecular flexibility index (Phi) is 5.77. The Morgan fingerprint density at radius 2 is 2.09 bits per heavy atom. The first-order valence-corrected chi connectivity index (χ1v) is 7.53. The van der Waals surface area contributed by atoms with Gasteiger partial charge in [-0.1, -0.05) is 12.1 Å². The molecule has 0 aliphatic heterocycles. The molecule has 0 spiro atoms. The minimum atomic E-state index is -0.354. The number of amides is 2. The lowest BCUT2D eigenvalue weighted by atomic mass is 10.2. The number of urea groups is 1. The van der Waals surface area contributed by atoms with Gasteiger partial charge in [-0.15, -0.1) is 0 Å². The molecular weight excluding hydrogens is 351 g/mol. The van der Waals surface area contributed by atoms with E-state index in [4.69, 9.17) is 4.74 Å². The van der Waals surface area contributed by atoms with Crippen molar-refractivity contribution >= 4 is 27.6 Å². The highest BCUT2D eigenvalue weighted by Gasteiger charge is 2.05. The van der Waals surface area contributed by atoms with Gasteiger partial charge in [0.15, 0.2) is 0 Å². The van der Waals surface area contributed by atoms with E-state index in [1.54, 1.807) is 12.1 Å². The molecule has 22 heavy (non-hydrogen) atoms. The molecule has 2 rings (SSSR count). The van der Waals surface area contributed by atoms with Crippen LogP contribution < -0.4 is 15.4 Å². The number of halogens is 2. The fourth-order valence-corrected chi connectivity index (χ4v) is 2.37. The van der Waals surface area contributed by atoms with Crippen LogP contribution in [-0.2, 0) is 0 Å². The number of anilines is 1. The molecule has 0 heterocycles. The van der Waals surface area contributed by atoms with E-state index in [1.165, 1.54) is 12.1 Å². The van der Waals surface area contributed by atoms with Crippen LogP contribution in [0.15, 0.2) is 46.9 Å². The van der Waals surface area contributed by atoms with Crippen molar-refractivity contribution in [3.63, 3.8) is 0 Å². The fraction of sp³-hybridized carbons (Fsp3) is 0.188. The monoisotopic (exact) mass is 366 g/mol. The van der Waals surface area contributed by atoms with Crippen LogP contribution in [0.1, 0.15) is 5.56 Å². The van der Waals surface area contributed by atoms with Gasteiger partial charge >= 0.3 is 6.03 Å². The zero-order chi connectivity index (χ0) is 15.9. The summed E-state index contributed by atoms with van der Waals surface area (Å²) in [6, 6.07) is 11.2. The topological polar surface area (TPSA) is 50.4 Å². The molecule has 0 radical (unpaired) electrons. The second-order valence-corrected chi connectivity index (χ2v) is 5.52. The molecule has 2 amide bonds. The normalized spacial score (nSPS) is 10.1. The molecule has 0 aromatic heterocycles. The number of aryl methyl sites for hydroxylation is 1. The Morgan fingerprint density at radius 3 is 2.82 bits per heavy atom. The molecule has 2 aromatic carbocycles. The van der Waals surface area contributed by atoms with Gasteiger partial charge in [0.2, 0.25) is 0 Å². The summed E-state index contributed by atoms with van der Waals surface area (Å²) in [6.45, 7) is 2.54. The van der Waals surface area contributed by atoms with E-state index >= 15 is 0 Å². The maximum Gasteiger partial charge on any atom is 0.319 e. The van der Waals surface area contributed by atoms with Gasteiger partial charge in [-0.25, -0.2) is 9.18 Å². The van der Waals surface area contributed by atoms with Crippen molar-refractivity contribution in [2.45, 2.75) is 6.92 Å². The SMILES string of the molecule is Cc1ccc(NC(=O)NCCOc2cccc(F)c2)c(Br)c1. The summed E-state index contributed by atoms with van der Waals surface area (Å²) in [7, 11) is 0. The van der Waals surface area contributed by atoms with E-state index < -0.39 is 0 Å². The molecule has 116 valence electrons. The number of hydrogen-bond donors (Lipinski definition) is 2. The van der Waals surface area contributed by atoms with Crippen LogP contribution in [0, 0.1) is 12.7 Å². The van der Waals surface area contributed by atoms with Gasteiger partial charge in [0.1, 0.15) is 18.2 Å². The summed E-state index contributed by atoms with van der Waals surface area (Å²) in [4.78, 5) is 11.8. The quantitative estimate of drug-likeness (QED) is 0.782. The molecule has 0 saturated heterocycles. The van der Waals surface area contributed by atoms with Crippen LogP contribution in [0.2, 0.25) is 0 Å². The number of benzene rings is 2. The fourth-order valence-electron chi connectivity index (χ4n) is 1.78. The van der Waals surface area contributed by atoms with Crippen LogP contribution in [0.4, 0.5) is 14.9 Å². The average Bonchev–Trinajstić information content (AvgIpc) is 2.47. The third-order valence-electron chi connectivity index (χ3n) is 2.83. The van der Waals surface area contributed by atoms with Crippen LogP contribution in [-0.4, -0.2) is 19.2 Å². The summed E-state index contributed by atoms with van der Waals surface area (Å²) >= 11 is 3.39. The lowest BCUT2D eigenvalue weighted by Crippen LogP contribution is -2.32. The van der Waals surface area contributed by atoms with Crippen LogP contribution in [0.3, 0.4) is 0 Å². The predicted octanol–water partition coefficient (Wildman–Crippen LogP) is 4.10. The van der Waals surface area contributed by atoms with E-state index in [0.29, 0.717) is 18.0 Å². The van der Waals surface area contributed by atoms with Gasteiger partial charge < -0.3 is 15.4 Å². The third-order valence-corrected chi connectivity index (χ3v) is 3.48. The zero-order valence-electron chi connectivity index (χ0n) is 12.0. The number of nitrogens with one attached hydrogen (secondary N) is 2. The molecule has 0 fully saturated rings. The van der Waals surface area contributed by atoms with Crippen molar-refractivity contribution in [1.29, 1.82) is 0 Å². The third kappa shape index (κ3) is 5.04. The van der Waals surface area contributed by atoms with Crippen LogP contribution >= 0.6 is 15.9 Å². The van der Waals surface area contributed by atoms with Crippen molar-refractivity contribution in [1.82, 2.24) is 5.32 Å². The van der Waals surface area contributed by atoms with Gasteiger partial charge in [0.25, 0.3) is 0 Å². The van der Waals surface area contributed by atoms with Gasteiger partial charge in [-0.05, 0) is 52.7 Å². The Labute approximate surface area is 136 Å². The van der Waals surface area contributed by atoms with Crippen LogP contribution in [0.25, 0.3) is 0 Å². The first-order valence-electron chi connectivity index (χ1n) is 6.74. The number of carbonyl (C=O) groups is 1. The molecule has 0 aliphatic carbocycles. The number of ether oxygens (including phenoxy) is 1. The summed E-state index contributed by atoms with van der Waals surface area (Å²) in [6.07, 6.45) is 0. The molecular formula is C16H16BrFN2O2. The zero-order valence-corrected chi connectivity index (χ0v) is 13.6. The summed E-state index contributed by atoms with van der Waals surface area (Å²) < 4.78 is 19.1. The van der Waals surface area contributed by atoms with Crippen molar-refractivity contribution in [3.8, 4) is 5.75 Å². The second-order valence-electron chi connectivity index (χ2n) is 4.67. The summed E-state index contributed by atoms with van der Waals surface area (Å²) in [5.41, 5.74) is 1.79. The molecule has 2 aromatic rings. The van der Waals surface area contributed by atoms with Crippen molar-refractivity contribution in [2.75, 3.05) is 18.5 Å². The average molecular weight is 367 g/mol. The minimum absolute atomic E-state index is 0.256. The first-order chi connectivity index (χ1) is 10.5. The Hall–Kier alpha value is -2.08. The Morgan fingerprint density at radius 1 is 1.27 bits per heavy atom. The van der Waals surface area contributed by atoms with E-state index in [9.17, 15) is 9.18 Å². The molecule has 0 atom stereocenters. The smallest absolute Gasteiger partial charge is 0.319 e. The standard InChI is InChI=1S/C16H16BrFN2O2/c1-11-5-6-15(14(17)9-11)20-16(21)19-7-8-22-13-4-2-3-12(18)10-13/h2-6,9-10H,7-8H2,1H3,(H2,19,20,21). The first kappa shape index (κ1) is 16.3. The lowest BCUT2D eigenvalue weighted by molar-refractivity contribution is 0.247. The number of hydrogen-bond acceptors (Lipinski definition) is 2. The minimum Gasteiger partial charge on any atom is -0.492 e. The highest BCUT2D eigenvalue weighted by Crippen LogP contribution is 2.23. The van der Waals surface area contributed by atoms with Crippen molar-refractivity contribution in [2.24, 2.45) is 0 Å².